The van der Waals surface area contributed by atoms with E-state index in [0.717, 1.165) is 28.2 Å². The van der Waals surface area contributed by atoms with E-state index in [9.17, 15) is 0 Å². The van der Waals surface area contributed by atoms with Crippen molar-refractivity contribution in [2.24, 2.45) is 0 Å². The van der Waals surface area contributed by atoms with Gasteiger partial charge in [-0.25, -0.2) is 4.68 Å². The van der Waals surface area contributed by atoms with Gasteiger partial charge in [-0.1, -0.05) is 70.1 Å². The van der Waals surface area contributed by atoms with Crippen LogP contribution in [0.3, 0.4) is 0 Å². The molecule has 1 aromatic heterocycles. The van der Waals surface area contributed by atoms with Crippen LogP contribution < -0.4 is 0 Å². The molecular weight excluding hydrogens is 458 g/mol. The Balaban J connectivity index is 1.91. The molecule has 0 bridgehead atoms. The van der Waals surface area contributed by atoms with E-state index in [4.69, 9.17) is 63.1 Å². The van der Waals surface area contributed by atoms with Crippen LogP contribution in [0, 0.1) is 0 Å². The summed E-state index contributed by atoms with van der Waals surface area (Å²) in [5.74, 6) is 0. The van der Waals surface area contributed by atoms with Crippen LogP contribution in [-0.4, -0.2) is 9.78 Å². The summed E-state index contributed by atoms with van der Waals surface area (Å²) in [4.78, 5) is 0. The molecule has 0 aliphatic rings. The third-order valence-electron chi connectivity index (χ3n) is 4.21. The summed E-state index contributed by atoms with van der Waals surface area (Å²) in [7, 11) is 0. The van der Waals surface area contributed by atoms with Gasteiger partial charge in [0, 0.05) is 16.1 Å². The summed E-state index contributed by atoms with van der Waals surface area (Å²) < 4.78 is 1.83. The van der Waals surface area contributed by atoms with Gasteiger partial charge in [0.2, 0.25) is 0 Å². The highest BCUT2D eigenvalue weighted by Gasteiger charge is 2.15. The van der Waals surface area contributed by atoms with Crippen LogP contribution in [0.25, 0.3) is 28.2 Å². The Morgan fingerprint density at radius 3 is 1.75 bits per heavy atom. The maximum atomic E-state index is 6.23. The fourth-order valence-electron chi connectivity index (χ4n) is 2.82. The van der Waals surface area contributed by atoms with Crippen molar-refractivity contribution in [1.82, 2.24) is 9.78 Å². The largest absolute Gasteiger partial charge is 0.232 e. The van der Waals surface area contributed by atoms with Crippen LogP contribution in [-0.2, 0) is 0 Å². The number of hydrogen-bond donors (Lipinski definition) is 0. The second-order valence-electron chi connectivity index (χ2n) is 6.06. The van der Waals surface area contributed by atoms with Crippen molar-refractivity contribution >= 4 is 58.0 Å². The van der Waals surface area contributed by atoms with Gasteiger partial charge in [-0.15, -0.1) is 0 Å². The van der Waals surface area contributed by atoms with Gasteiger partial charge in [0.15, 0.2) is 0 Å². The normalized spacial score (nSPS) is 11.0. The van der Waals surface area contributed by atoms with Crippen molar-refractivity contribution in [3.8, 4) is 28.2 Å². The molecule has 4 aromatic rings. The molecule has 0 spiro atoms. The molecular formula is C21H11Cl5N2. The van der Waals surface area contributed by atoms with E-state index < -0.39 is 0 Å². The number of aromatic nitrogens is 2. The van der Waals surface area contributed by atoms with Crippen molar-refractivity contribution in [1.29, 1.82) is 0 Å². The summed E-state index contributed by atoms with van der Waals surface area (Å²) in [6.07, 6.45) is 0. The van der Waals surface area contributed by atoms with Crippen LogP contribution in [0.2, 0.25) is 25.1 Å². The van der Waals surface area contributed by atoms with E-state index in [0.29, 0.717) is 25.1 Å². The van der Waals surface area contributed by atoms with Crippen molar-refractivity contribution in [3.05, 3.63) is 91.8 Å². The molecule has 140 valence electrons. The number of benzene rings is 3. The second kappa shape index (κ2) is 7.98. The number of halogens is 5. The van der Waals surface area contributed by atoms with Crippen molar-refractivity contribution in [2.45, 2.75) is 0 Å². The van der Waals surface area contributed by atoms with E-state index in [-0.39, 0.29) is 0 Å². The highest BCUT2D eigenvalue weighted by atomic mass is 35.5. The van der Waals surface area contributed by atoms with Crippen molar-refractivity contribution in [2.75, 3.05) is 0 Å². The molecule has 0 aliphatic carbocycles. The maximum Gasteiger partial charge on any atom is 0.0934 e. The van der Waals surface area contributed by atoms with E-state index in [1.165, 1.54) is 0 Å². The molecule has 0 radical (unpaired) electrons. The average molecular weight is 469 g/mol. The molecule has 4 rings (SSSR count). The summed E-state index contributed by atoms with van der Waals surface area (Å²) >= 11 is 30.6. The molecule has 1 heterocycles. The predicted octanol–water partition coefficient (Wildman–Crippen LogP) is 8.47. The van der Waals surface area contributed by atoms with Crippen molar-refractivity contribution < 1.29 is 0 Å². The van der Waals surface area contributed by atoms with Gasteiger partial charge in [0.05, 0.1) is 37.2 Å². The summed E-state index contributed by atoms with van der Waals surface area (Å²) in [5, 5.41) is 7.35. The number of rotatable bonds is 3. The van der Waals surface area contributed by atoms with E-state index in [1.807, 2.05) is 53.2 Å². The smallest absolute Gasteiger partial charge is 0.0934 e. The first-order chi connectivity index (χ1) is 13.4. The molecule has 0 unspecified atom stereocenters. The Morgan fingerprint density at radius 1 is 0.571 bits per heavy atom. The van der Waals surface area contributed by atoms with E-state index in [2.05, 4.69) is 0 Å². The van der Waals surface area contributed by atoms with Crippen LogP contribution in [0.5, 0.6) is 0 Å². The lowest BCUT2D eigenvalue weighted by molar-refractivity contribution is 0.892. The highest BCUT2D eigenvalue weighted by molar-refractivity contribution is 6.42. The van der Waals surface area contributed by atoms with Gasteiger partial charge in [-0.2, -0.15) is 5.10 Å². The Kier molecular flexibility index (Phi) is 5.59. The number of nitrogens with zero attached hydrogens (tertiary/aromatic N) is 2. The molecule has 0 fully saturated rings. The Hall–Kier alpha value is -1.68. The zero-order valence-corrected chi connectivity index (χ0v) is 17.9. The minimum Gasteiger partial charge on any atom is -0.232 e. The lowest BCUT2D eigenvalue weighted by atomic mass is 10.1. The Bertz CT molecular complexity index is 1170. The zero-order chi connectivity index (χ0) is 19.8. The summed E-state index contributed by atoms with van der Waals surface area (Å²) in [6, 6.07) is 20.3. The lowest BCUT2D eigenvalue weighted by Crippen LogP contribution is -1.99. The molecule has 0 atom stereocenters. The van der Waals surface area contributed by atoms with Gasteiger partial charge >= 0.3 is 0 Å². The van der Waals surface area contributed by atoms with Crippen molar-refractivity contribution in [3.63, 3.8) is 0 Å². The molecule has 0 aliphatic heterocycles. The minimum absolute atomic E-state index is 0.469. The molecule has 0 amide bonds. The molecule has 7 heteroatoms. The molecule has 2 nitrogen and oxygen atoms in total. The molecule has 0 saturated heterocycles. The fraction of sp³-hybridized carbons (Fsp3) is 0. The Morgan fingerprint density at radius 2 is 1.14 bits per heavy atom. The monoisotopic (exact) mass is 466 g/mol. The first-order valence-corrected chi connectivity index (χ1v) is 10.1. The summed E-state index contributed by atoms with van der Waals surface area (Å²) in [5.41, 5.74) is 4.18. The minimum atomic E-state index is 0.469. The molecule has 3 aromatic carbocycles. The topological polar surface area (TPSA) is 17.8 Å². The second-order valence-corrected chi connectivity index (χ2v) is 8.13. The Labute approximate surface area is 187 Å². The molecule has 0 saturated carbocycles. The molecule has 0 N–H and O–H groups in total. The van der Waals surface area contributed by atoms with Crippen LogP contribution >= 0.6 is 58.0 Å². The first kappa shape index (κ1) is 19.6. The van der Waals surface area contributed by atoms with Gasteiger partial charge < -0.3 is 0 Å². The highest BCUT2D eigenvalue weighted by Crippen LogP contribution is 2.34. The van der Waals surface area contributed by atoms with Crippen LogP contribution in [0.4, 0.5) is 0 Å². The molecule has 28 heavy (non-hydrogen) atoms. The van der Waals surface area contributed by atoms with Gasteiger partial charge in [0.1, 0.15) is 0 Å². The summed E-state index contributed by atoms with van der Waals surface area (Å²) in [6.45, 7) is 0. The van der Waals surface area contributed by atoms with Crippen LogP contribution in [0.1, 0.15) is 0 Å². The fourth-order valence-corrected chi connectivity index (χ4v) is 3.54. The quantitative estimate of drug-likeness (QED) is 0.295. The third-order valence-corrected chi connectivity index (χ3v) is 5.94. The SMILES string of the molecule is Clc1ccc(-n2nc(-c3ccc(Cl)c(Cl)c3)cc2-c2ccc(Cl)c(Cl)c2)cc1. The van der Waals surface area contributed by atoms with E-state index in [1.54, 1.807) is 18.2 Å². The van der Waals surface area contributed by atoms with Gasteiger partial charge in [0.25, 0.3) is 0 Å². The van der Waals surface area contributed by atoms with E-state index >= 15 is 0 Å². The lowest BCUT2D eigenvalue weighted by Gasteiger charge is -2.08. The zero-order valence-electron chi connectivity index (χ0n) is 14.1. The standard InChI is InChI=1S/C21H11Cl5N2/c22-14-3-5-15(6-4-14)28-21(13-2-8-17(24)19(26)10-13)11-20(27-28)12-1-7-16(23)18(25)9-12/h1-11H. The first-order valence-electron chi connectivity index (χ1n) is 8.19. The van der Waals surface area contributed by atoms with Gasteiger partial charge in [-0.3, -0.25) is 0 Å². The average Bonchev–Trinajstić information content (AvgIpc) is 3.12. The number of hydrogen-bond acceptors (Lipinski definition) is 1. The third kappa shape index (κ3) is 3.89. The van der Waals surface area contributed by atoms with Gasteiger partial charge in [-0.05, 0) is 54.6 Å². The maximum absolute atomic E-state index is 6.23. The predicted molar refractivity (Wildman–Crippen MR) is 119 cm³/mol. The van der Waals surface area contributed by atoms with Crippen LogP contribution in [0.15, 0.2) is 66.7 Å².